The van der Waals surface area contributed by atoms with Gasteiger partial charge in [0.15, 0.2) is 0 Å². The summed E-state index contributed by atoms with van der Waals surface area (Å²) in [6, 6.07) is 0. The molecule has 1 heteroatoms. The maximum atomic E-state index is 3.14. The van der Waals surface area contributed by atoms with E-state index in [2.05, 4.69) is 16.7 Å². The molecule has 0 atom stereocenters. The van der Waals surface area contributed by atoms with E-state index in [9.17, 15) is 0 Å². The quantitative estimate of drug-likeness (QED) is 0.539. The molecule has 1 aliphatic heterocycles. The van der Waals surface area contributed by atoms with Gasteiger partial charge in [-0.2, -0.15) is 0 Å². The van der Waals surface area contributed by atoms with Crippen LogP contribution in [0.3, 0.4) is 0 Å². The predicted octanol–water partition coefficient (Wildman–Crippen LogP) is 2.28. The fraction of sp³-hybridized carbons (Fsp3) is 0.818. The first-order valence-electron chi connectivity index (χ1n) is 5.05. The summed E-state index contributed by atoms with van der Waals surface area (Å²) in [4.78, 5) is 2.48. The highest BCUT2D eigenvalue weighted by Crippen LogP contribution is 2.09. The summed E-state index contributed by atoms with van der Waals surface area (Å²) in [5.41, 5.74) is 0. The van der Waals surface area contributed by atoms with Crippen molar-refractivity contribution in [3.63, 3.8) is 0 Å². The SMILES string of the molecule is CC#CCN1CCCCCCC1. The lowest BCUT2D eigenvalue weighted by molar-refractivity contribution is 0.275. The summed E-state index contributed by atoms with van der Waals surface area (Å²) in [5, 5.41) is 0. The van der Waals surface area contributed by atoms with E-state index in [4.69, 9.17) is 0 Å². The summed E-state index contributed by atoms with van der Waals surface area (Å²) in [5.74, 6) is 6.10. The fourth-order valence-corrected chi connectivity index (χ4v) is 1.66. The van der Waals surface area contributed by atoms with Crippen molar-refractivity contribution < 1.29 is 0 Å². The second kappa shape index (κ2) is 6.08. The van der Waals surface area contributed by atoms with E-state index in [0.29, 0.717) is 0 Å². The molecule has 0 bridgehead atoms. The largest absolute Gasteiger partial charge is 0.292 e. The first-order valence-corrected chi connectivity index (χ1v) is 5.05. The minimum absolute atomic E-state index is 0.983. The van der Waals surface area contributed by atoms with Gasteiger partial charge in [-0.25, -0.2) is 0 Å². The third-order valence-corrected chi connectivity index (χ3v) is 2.43. The Kier molecular flexibility index (Phi) is 4.87. The van der Waals surface area contributed by atoms with Gasteiger partial charge in [0.25, 0.3) is 0 Å². The second-order valence-electron chi connectivity index (χ2n) is 3.47. The van der Waals surface area contributed by atoms with E-state index in [1.165, 1.54) is 45.2 Å². The van der Waals surface area contributed by atoms with Crippen LogP contribution in [-0.4, -0.2) is 24.5 Å². The average molecular weight is 165 g/mol. The van der Waals surface area contributed by atoms with Crippen LogP contribution in [0, 0.1) is 11.8 Å². The number of likely N-dealkylation sites (tertiary alicyclic amines) is 1. The van der Waals surface area contributed by atoms with Crippen molar-refractivity contribution in [2.24, 2.45) is 0 Å². The molecule has 12 heavy (non-hydrogen) atoms. The van der Waals surface area contributed by atoms with Gasteiger partial charge in [-0.1, -0.05) is 25.2 Å². The van der Waals surface area contributed by atoms with E-state index in [1.54, 1.807) is 0 Å². The zero-order valence-electron chi connectivity index (χ0n) is 8.10. The Balaban J connectivity index is 2.23. The third kappa shape index (κ3) is 3.78. The molecule has 0 radical (unpaired) electrons. The molecule has 0 aliphatic carbocycles. The van der Waals surface area contributed by atoms with Gasteiger partial charge in [-0.15, -0.1) is 5.92 Å². The summed E-state index contributed by atoms with van der Waals surface area (Å²) in [7, 11) is 0. The lowest BCUT2D eigenvalue weighted by Gasteiger charge is -2.21. The highest BCUT2D eigenvalue weighted by molar-refractivity contribution is 4.97. The van der Waals surface area contributed by atoms with Gasteiger partial charge in [0.2, 0.25) is 0 Å². The molecule has 1 saturated heterocycles. The molecule has 0 aromatic carbocycles. The number of hydrogen-bond acceptors (Lipinski definition) is 1. The van der Waals surface area contributed by atoms with Crippen LogP contribution < -0.4 is 0 Å². The van der Waals surface area contributed by atoms with Crippen molar-refractivity contribution in [1.29, 1.82) is 0 Å². The van der Waals surface area contributed by atoms with Gasteiger partial charge >= 0.3 is 0 Å². The molecule has 1 nitrogen and oxygen atoms in total. The maximum Gasteiger partial charge on any atom is 0.0601 e. The van der Waals surface area contributed by atoms with Crippen LogP contribution in [-0.2, 0) is 0 Å². The maximum absolute atomic E-state index is 3.14. The minimum Gasteiger partial charge on any atom is -0.292 e. The number of nitrogens with zero attached hydrogens (tertiary/aromatic N) is 1. The standard InChI is InChI=1S/C11H19N/c1-2-3-9-12-10-7-5-4-6-8-11-12/h4-11H2,1H3. The highest BCUT2D eigenvalue weighted by Gasteiger charge is 2.05. The van der Waals surface area contributed by atoms with Crippen LogP contribution in [0.15, 0.2) is 0 Å². The number of hydrogen-bond donors (Lipinski definition) is 0. The van der Waals surface area contributed by atoms with Gasteiger partial charge in [-0.3, -0.25) is 4.90 Å². The molecule has 0 aromatic rings. The zero-order valence-corrected chi connectivity index (χ0v) is 8.10. The van der Waals surface area contributed by atoms with Crippen molar-refractivity contribution in [3.8, 4) is 11.8 Å². The van der Waals surface area contributed by atoms with Crippen molar-refractivity contribution in [3.05, 3.63) is 0 Å². The highest BCUT2D eigenvalue weighted by atomic mass is 15.1. The average Bonchev–Trinajstić information content (AvgIpc) is 2.02. The van der Waals surface area contributed by atoms with Gasteiger partial charge in [0.1, 0.15) is 0 Å². The Labute approximate surface area is 76.1 Å². The second-order valence-corrected chi connectivity index (χ2v) is 3.47. The van der Waals surface area contributed by atoms with Gasteiger partial charge in [0, 0.05) is 0 Å². The summed E-state index contributed by atoms with van der Waals surface area (Å²) in [6.07, 6.45) is 7.00. The lowest BCUT2D eigenvalue weighted by atomic mass is 10.1. The molecule has 1 heterocycles. The third-order valence-electron chi connectivity index (χ3n) is 2.43. The molecule has 1 fully saturated rings. The van der Waals surface area contributed by atoms with Gasteiger partial charge in [0.05, 0.1) is 6.54 Å². The summed E-state index contributed by atoms with van der Waals surface area (Å²) < 4.78 is 0. The fourth-order valence-electron chi connectivity index (χ4n) is 1.66. The molecule has 0 unspecified atom stereocenters. The molecule has 0 N–H and O–H groups in total. The summed E-state index contributed by atoms with van der Waals surface area (Å²) >= 11 is 0. The topological polar surface area (TPSA) is 3.24 Å². The first kappa shape index (κ1) is 9.61. The van der Waals surface area contributed by atoms with E-state index in [0.717, 1.165) is 6.54 Å². The minimum atomic E-state index is 0.983. The first-order chi connectivity index (χ1) is 5.93. The van der Waals surface area contributed by atoms with Crippen molar-refractivity contribution >= 4 is 0 Å². The molecule has 1 rings (SSSR count). The normalized spacial score (nSPS) is 20.4. The molecule has 68 valence electrons. The van der Waals surface area contributed by atoms with E-state index in [-0.39, 0.29) is 0 Å². The molecule has 0 spiro atoms. The molecule has 0 saturated carbocycles. The Hall–Kier alpha value is -0.480. The van der Waals surface area contributed by atoms with Crippen LogP contribution >= 0.6 is 0 Å². The van der Waals surface area contributed by atoms with Gasteiger partial charge < -0.3 is 0 Å². The van der Waals surface area contributed by atoms with Crippen LogP contribution in [0.1, 0.15) is 39.0 Å². The van der Waals surface area contributed by atoms with Crippen LogP contribution in [0.4, 0.5) is 0 Å². The van der Waals surface area contributed by atoms with E-state index >= 15 is 0 Å². The molecule has 0 amide bonds. The van der Waals surface area contributed by atoms with Crippen LogP contribution in [0.5, 0.6) is 0 Å². The van der Waals surface area contributed by atoms with Crippen molar-refractivity contribution in [2.45, 2.75) is 39.0 Å². The Morgan fingerprint density at radius 2 is 1.58 bits per heavy atom. The van der Waals surface area contributed by atoms with E-state index < -0.39 is 0 Å². The van der Waals surface area contributed by atoms with Crippen LogP contribution in [0.25, 0.3) is 0 Å². The monoisotopic (exact) mass is 165 g/mol. The smallest absolute Gasteiger partial charge is 0.0601 e. The lowest BCUT2D eigenvalue weighted by Crippen LogP contribution is -2.27. The molecule has 0 aromatic heterocycles. The predicted molar refractivity (Wildman–Crippen MR) is 53.0 cm³/mol. The molecular weight excluding hydrogens is 146 g/mol. The summed E-state index contributed by atoms with van der Waals surface area (Å²) in [6.45, 7) is 5.42. The Morgan fingerprint density at radius 3 is 2.17 bits per heavy atom. The van der Waals surface area contributed by atoms with Gasteiger partial charge in [-0.05, 0) is 32.9 Å². The molecule has 1 aliphatic rings. The number of rotatable bonds is 1. The Bertz CT molecular complexity index is 156. The zero-order chi connectivity index (χ0) is 8.65. The Morgan fingerprint density at radius 1 is 1.00 bits per heavy atom. The van der Waals surface area contributed by atoms with Crippen LogP contribution in [0.2, 0.25) is 0 Å². The van der Waals surface area contributed by atoms with Crippen molar-refractivity contribution in [1.82, 2.24) is 4.90 Å². The van der Waals surface area contributed by atoms with E-state index in [1.807, 2.05) is 6.92 Å². The van der Waals surface area contributed by atoms with Crippen molar-refractivity contribution in [2.75, 3.05) is 19.6 Å². The molecular formula is C11H19N.